The fourth-order valence-electron chi connectivity index (χ4n) is 2.63. The first-order chi connectivity index (χ1) is 9.92. The maximum atomic E-state index is 11.7. The highest BCUT2D eigenvalue weighted by atomic mass is 16.4. The molecule has 1 aliphatic carbocycles. The number of hydrogen-bond donors (Lipinski definition) is 3. The fraction of sp³-hybridized carbons (Fsp3) is 0.867. The van der Waals surface area contributed by atoms with Gasteiger partial charge in [-0.15, -0.1) is 0 Å². The molecule has 0 saturated heterocycles. The third kappa shape index (κ3) is 6.80. The van der Waals surface area contributed by atoms with Crippen LogP contribution in [0.2, 0.25) is 0 Å². The van der Waals surface area contributed by atoms with Crippen LogP contribution in [0.25, 0.3) is 0 Å². The number of likely N-dealkylation sites (N-methyl/N-ethyl adjacent to an activating group) is 1. The van der Waals surface area contributed by atoms with E-state index in [1.165, 1.54) is 0 Å². The van der Waals surface area contributed by atoms with Crippen LogP contribution in [0.3, 0.4) is 0 Å². The van der Waals surface area contributed by atoms with Gasteiger partial charge in [0, 0.05) is 18.6 Å². The second-order valence-electron chi connectivity index (χ2n) is 6.22. The molecule has 2 amide bonds. The van der Waals surface area contributed by atoms with E-state index in [0.717, 1.165) is 32.2 Å². The lowest BCUT2D eigenvalue weighted by Gasteiger charge is -2.42. The lowest BCUT2D eigenvalue weighted by Crippen LogP contribution is -2.56. The van der Waals surface area contributed by atoms with Gasteiger partial charge in [0.1, 0.15) is 0 Å². The summed E-state index contributed by atoms with van der Waals surface area (Å²) in [4.78, 5) is 24.4. The van der Waals surface area contributed by atoms with Crippen molar-refractivity contribution in [2.45, 2.75) is 58.5 Å². The second-order valence-corrected chi connectivity index (χ2v) is 6.22. The number of nitrogens with one attached hydrogen (secondary N) is 2. The lowest BCUT2D eigenvalue weighted by molar-refractivity contribution is -0.139. The predicted molar refractivity (Wildman–Crippen MR) is 82.3 cm³/mol. The quantitative estimate of drug-likeness (QED) is 0.566. The van der Waals surface area contributed by atoms with Gasteiger partial charge >= 0.3 is 12.0 Å². The van der Waals surface area contributed by atoms with Crippen LogP contribution in [-0.4, -0.2) is 53.7 Å². The minimum Gasteiger partial charge on any atom is -0.480 e. The molecule has 0 aromatic heterocycles. The molecular weight excluding hydrogens is 270 g/mol. The number of hydrogen-bond acceptors (Lipinski definition) is 3. The number of nitrogens with zero attached hydrogens (tertiary/aromatic N) is 1. The van der Waals surface area contributed by atoms with Crippen LogP contribution in [0.15, 0.2) is 0 Å². The van der Waals surface area contributed by atoms with Crippen molar-refractivity contribution in [1.29, 1.82) is 0 Å². The average Bonchev–Trinajstić information content (AvgIpc) is 2.35. The molecule has 1 fully saturated rings. The molecule has 0 aliphatic heterocycles. The maximum Gasteiger partial charge on any atom is 0.317 e. The molecule has 21 heavy (non-hydrogen) atoms. The Morgan fingerprint density at radius 2 is 2.00 bits per heavy atom. The van der Waals surface area contributed by atoms with Gasteiger partial charge in [0.05, 0.1) is 6.54 Å². The van der Waals surface area contributed by atoms with Gasteiger partial charge in [0.15, 0.2) is 0 Å². The van der Waals surface area contributed by atoms with Crippen LogP contribution >= 0.6 is 0 Å². The zero-order chi connectivity index (χ0) is 15.8. The zero-order valence-corrected chi connectivity index (χ0v) is 13.4. The number of carbonyl (C=O) groups excluding carboxylic acids is 1. The van der Waals surface area contributed by atoms with E-state index in [2.05, 4.69) is 24.5 Å². The van der Waals surface area contributed by atoms with E-state index in [1.807, 2.05) is 11.8 Å². The standard InChI is InChI=1S/C15H29N3O3/c1-4-18(10-14(19)20)13-8-12(9-13)17-15(21)16-7-5-6-11(2)3/h11-13H,4-10H2,1-3H3,(H,19,20)(H2,16,17,21). The molecule has 0 radical (unpaired) electrons. The summed E-state index contributed by atoms with van der Waals surface area (Å²) in [6, 6.07) is 0.337. The van der Waals surface area contributed by atoms with Crippen LogP contribution in [0.1, 0.15) is 46.5 Å². The molecule has 0 aromatic rings. The smallest absolute Gasteiger partial charge is 0.317 e. The highest BCUT2D eigenvalue weighted by molar-refractivity contribution is 5.74. The molecule has 0 aromatic carbocycles. The van der Waals surface area contributed by atoms with Crippen molar-refractivity contribution in [1.82, 2.24) is 15.5 Å². The summed E-state index contributed by atoms with van der Waals surface area (Å²) < 4.78 is 0. The number of aliphatic carboxylic acids is 1. The van der Waals surface area contributed by atoms with Crippen LogP contribution in [-0.2, 0) is 4.79 Å². The Morgan fingerprint density at radius 3 is 2.52 bits per heavy atom. The lowest BCUT2D eigenvalue weighted by atomic mass is 9.85. The highest BCUT2D eigenvalue weighted by Crippen LogP contribution is 2.25. The topological polar surface area (TPSA) is 81.7 Å². The number of amides is 2. The van der Waals surface area contributed by atoms with Crippen molar-refractivity contribution in [3.63, 3.8) is 0 Å². The molecule has 0 atom stereocenters. The van der Waals surface area contributed by atoms with Gasteiger partial charge in [-0.25, -0.2) is 4.79 Å². The Labute approximate surface area is 127 Å². The van der Waals surface area contributed by atoms with E-state index in [-0.39, 0.29) is 24.7 Å². The predicted octanol–water partition coefficient (Wildman–Crippen LogP) is 1.66. The normalized spacial score (nSPS) is 21.2. The summed E-state index contributed by atoms with van der Waals surface area (Å²) in [5, 5.41) is 14.6. The summed E-state index contributed by atoms with van der Waals surface area (Å²) in [5.41, 5.74) is 0. The first-order valence-electron chi connectivity index (χ1n) is 7.92. The van der Waals surface area contributed by atoms with Crippen LogP contribution in [0, 0.1) is 5.92 Å². The Bertz CT molecular complexity index is 341. The first-order valence-corrected chi connectivity index (χ1v) is 7.92. The average molecular weight is 299 g/mol. The largest absolute Gasteiger partial charge is 0.480 e. The van der Waals surface area contributed by atoms with Gasteiger partial charge in [-0.1, -0.05) is 20.8 Å². The van der Waals surface area contributed by atoms with Gasteiger partial charge in [-0.2, -0.15) is 0 Å². The van der Waals surface area contributed by atoms with E-state index in [1.54, 1.807) is 0 Å². The molecular formula is C15H29N3O3. The van der Waals surface area contributed by atoms with Gasteiger partial charge in [-0.3, -0.25) is 9.69 Å². The van der Waals surface area contributed by atoms with Gasteiger partial charge < -0.3 is 15.7 Å². The van der Waals surface area contributed by atoms with Gasteiger partial charge in [-0.05, 0) is 38.1 Å². The van der Waals surface area contributed by atoms with Crippen molar-refractivity contribution in [2.24, 2.45) is 5.92 Å². The molecule has 0 spiro atoms. The fourth-order valence-corrected chi connectivity index (χ4v) is 2.63. The summed E-state index contributed by atoms with van der Waals surface area (Å²) in [5.74, 6) is -0.132. The van der Waals surface area contributed by atoms with Crippen LogP contribution in [0.4, 0.5) is 4.79 Å². The van der Waals surface area contributed by atoms with Crippen molar-refractivity contribution < 1.29 is 14.7 Å². The third-order valence-electron chi connectivity index (χ3n) is 3.95. The molecule has 3 N–H and O–H groups in total. The molecule has 6 nitrogen and oxygen atoms in total. The molecule has 1 aliphatic rings. The monoisotopic (exact) mass is 299 g/mol. The van der Waals surface area contributed by atoms with E-state index >= 15 is 0 Å². The number of carboxylic acid groups (broad SMARTS) is 1. The molecule has 0 unspecified atom stereocenters. The van der Waals surface area contributed by atoms with Crippen molar-refractivity contribution in [3.8, 4) is 0 Å². The Morgan fingerprint density at radius 1 is 1.33 bits per heavy atom. The van der Waals surface area contributed by atoms with E-state index in [9.17, 15) is 9.59 Å². The third-order valence-corrected chi connectivity index (χ3v) is 3.95. The number of carboxylic acids is 1. The first kappa shape index (κ1) is 17.8. The minimum atomic E-state index is -0.795. The van der Waals surface area contributed by atoms with E-state index < -0.39 is 5.97 Å². The van der Waals surface area contributed by atoms with Crippen LogP contribution in [0.5, 0.6) is 0 Å². The SMILES string of the molecule is CCN(CC(=O)O)C1CC(NC(=O)NCCCC(C)C)C1. The molecule has 122 valence electrons. The Balaban J connectivity index is 2.13. The van der Waals surface area contributed by atoms with Crippen LogP contribution < -0.4 is 10.6 Å². The van der Waals surface area contributed by atoms with Crippen molar-refractivity contribution in [3.05, 3.63) is 0 Å². The number of urea groups is 1. The number of carbonyl (C=O) groups is 2. The van der Waals surface area contributed by atoms with E-state index in [0.29, 0.717) is 12.5 Å². The second kappa shape index (κ2) is 8.87. The minimum absolute atomic E-state index is 0.0787. The molecule has 1 saturated carbocycles. The Kier molecular flexibility index (Phi) is 7.50. The zero-order valence-electron chi connectivity index (χ0n) is 13.4. The highest BCUT2D eigenvalue weighted by Gasteiger charge is 2.34. The van der Waals surface area contributed by atoms with E-state index in [4.69, 9.17) is 5.11 Å². The Hall–Kier alpha value is -1.30. The summed E-state index contributed by atoms with van der Waals surface area (Å²) in [6.45, 7) is 7.82. The number of rotatable bonds is 9. The molecule has 6 heteroatoms. The molecule has 0 heterocycles. The summed E-state index contributed by atoms with van der Waals surface area (Å²) >= 11 is 0. The van der Waals surface area contributed by atoms with Gasteiger partial charge in [0.2, 0.25) is 0 Å². The summed E-state index contributed by atoms with van der Waals surface area (Å²) in [7, 11) is 0. The maximum absolute atomic E-state index is 11.7. The van der Waals surface area contributed by atoms with Crippen molar-refractivity contribution >= 4 is 12.0 Å². The summed E-state index contributed by atoms with van der Waals surface area (Å²) in [6.07, 6.45) is 3.79. The molecule has 1 rings (SSSR count). The van der Waals surface area contributed by atoms with Crippen molar-refractivity contribution in [2.75, 3.05) is 19.6 Å². The van der Waals surface area contributed by atoms with Gasteiger partial charge in [0.25, 0.3) is 0 Å². The molecule has 0 bridgehead atoms.